The lowest BCUT2D eigenvalue weighted by molar-refractivity contribution is -0.115. The van der Waals surface area contributed by atoms with Gasteiger partial charge >= 0.3 is 0 Å². The molecule has 2 aromatic carbocycles. The number of methoxy groups -OCH3 is 1. The fourth-order valence-electron chi connectivity index (χ4n) is 4.56. The fourth-order valence-corrected chi connectivity index (χ4v) is 4.56. The van der Waals surface area contributed by atoms with Gasteiger partial charge < -0.3 is 14.8 Å². The van der Waals surface area contributed by atoms with Crippen molar-refractivity contribution in [2.45, 2.75) is 64.9 Å². The van der Waals surface area contributed by atoms with E-state index in [1.165, 1.54) is 32.1 Å². The van der Waals surface area contributed by atoms with Crippen LogP contribution in [0.4, 0.5) is 5.82 Å². The number of nitrogens with zero attached hydrogens (tertiary/aromatic N) is 2. The number of anilines is 1. The first kappa shape index (κ1) is 24.7. The summed E-state index contributed by atoms with van der Waals surface area (Å²) in [5.41, 5.74) is 3.57. The Bertz CT molecular complexity index is 1110. The van der Waals surface area contributed by atoms with Crippen LogP contribution >= 0.6 is 0 Å². The number of carbonyl (C=O) groups is 1. The van der Waals surface area contributed by atoms with E-state index in [0.717, 1.165) is 40.4 Å². The molecule has 0 unspecified atom stereocenters. The van der Waals surface area contributed by atoms with Crippen LogP contribution < -0.4 is 14.8 Å². The van der Waals surface area contributed by atoms with Gasteiger partial charge in [-0.15, -0.1) is 0 Å². The summed E-state index contributed by atoms with van der Waals surface area (Å²) >= 11 is 0. The zero-order chi connectivity index (χ0) is 24.6. The second kappa shape index (κ2) is 11.8. The maximum absolute atomic E-state index is 12.8. The topological polar surface area (TPSA) is 73.3 Å². The molecule has 4 rings (SSSR count). The maximum atomic E-state index is 12.8. The molecule has 184 valence electrons. The van der Waals surface area contributed by atoms with Crippen molar-refractivity contribution in [3.05, 3.63) is 66.0 Å². The fraction of sp³-hybridized carbons (Fsp3) is 0.414. The first-order chi connectivity index (χ1) is 17.0. The highest BCUT2D eigenvalue weighted by atomic mass is 16.5. The third-order valence-electron chi connectivity index (χ3n) is 6.35. The van der Waals surface area contributed by atoms with Crippen molar-refractivity contribution < 1.29 is 14.3 Å². The Kier molecular flexibility index (Phi) is 8.35. The number of ether oxygens (including phenoxy) is 2. The molecular weight excluding hydrogens is 438 g/mol. The van der Waals surface area contributed by atoms with Gasteiger partial charge in [-0.3, -0.25) is 4.79 Å². The van der Waals surface area contributed by atoms with Crippen molar-refractivity contribution in [1.82, 2.24) is 9.97 Å². The molecule has 0 bridgehead atoms. The van der Waals surface area contributed by atoms with Crippen LogP contribution in [0.3, 0.4) is 0 Å². The summed E-state index contributed by atoms with van der Waals surface area (Å²) in [6.07, 6.45) is 9.19. The molecule has 0 saturated heterocycles. The first-order valence-corrected chi connectivity index (χ1v) is 12.6. The molecule has 1 N–H and O–H groups in total. The first-order valence-electron chi connectivity index (χ1n) is 12.6. The van der Waals surface area contributed by atoms with Gasteiger partial charge in [0.2, 0.25) is 5.91 Å². The lowest BCUT2D eigenvalue weighted by Gasteiger charge is -2.22. The zero-order valence-corrected chi connectivity index (χ0v) is 20.9. The molecule has 3 aromatic rings. The van der Waals surface area contributed by atoms with Crippen LogP contribution in [0.15, 0.2) is 54.7 Å². The van der Waals surface area contributed by atoms with Crippen molar-refractivity contribution in [2.75, 3.05) is 12.4 Å². The van der Waals surface area contributed by atoms with Gasteiger partial charge in [-0.2, -0.15) is 0 Å². The van der Waals surface area contributed by atoms with Gasteiger partial charge in [0.05, 0.1) is 37.2 Å². The number of nitrogens with one attached hydrogen (secondary N) is 1. The van der Waals surface area contributed by atoms with Crippen LogP contribution in [-0.2, 0) is 17.6 Å². The number of carbonyl (C=O) groups excluding carboxylic acids is 1. The second-order valence-corrected chi connectivity index (χ2v) is 9.52. The van der Waals surface area contributed by atoms with Gasteiger partial charge in [0.15, 0.2) is 5.82 Å². The van der Waals surface area contributed by atoms with Crippen molar-refractivity contribution in [2.24, 2.45) is 5.92 Å². The van der Waals surface area contributed by atoms with Gasteiger partial charge in [-0.1, -0.05) is 44.2 Å². The summed E-state index contributed by atoms with van der Waals surface area (Å²) < 4.78 is 11.0. The Morgan fingerprint density at radius 2 is 1.69 bits per heavy atom. The number of aromatic nitrogens is 2. The van der Waals surface area contributed by atoms with E-state index in [1.807, 2.05) is 62.4 Å². The largest absolute Gasteiger partial charge is 0.497 e. The minimum Gasteiger partial charge on any atom is -0.497 e. The van der Waals surface area contributed by atoms with Gasteiger partial charge in [0, 0.05) is 5.56 Å². The predicted molar refractivity (Wildman–Crippen MR) is 139 cm³/mol. The normalized spacial score (nSPS) is 14.1. The lowest BCUT2D eigenvalue weighted by atomic mass is 9.86. The molecule has 6 nitrogen and oxygen atoms in total. The molecule has 1 heterocycles. The van der Waals surface area contributed by atoms with E-state index in [1.54, 1.807) is 13.3 Å². The summed E-state index contributed by atoms with van der Waals surface area (Å²) in [6.45, 7) is 4.02. The van der Waals surface area contributed by atoms with E-state index in [4.69, 9.17) is 14.5 Å². The average Bonchev–Trinajstić information content (AvgIpc) is 2.86. The molecular formula is C29H35N3O3. The van der Waals surface area contributed by atoms with Crippen molar-refractivity contribution in [1.29, 1.82) is 0 Å². The van der Waals surface area contributed by atoms with E-state index in [9.17, 15) is 4.79 Å². The Labute approximate surface area is 208 Å². The van der Waals surface area contributed by atoms with Crippen LogP contribution in [0.25, 0.3) is 11.3 Å². The molecule has 1 fully saturated rings. The smallest absolute Gasteiger partial charge is 0.229 e. The molecule has 1 aliphatic carbocycles. The van der Waals surface area contributed by atoms with Crippen molar-refractivity contribution in [3.63, 3.8) is 0 Å². The van der Waals surface area contributed by atoms with Crippen LogP contribution in [0, 0.1) is 5.92 Å². The second-order valence-electron chi connectivity index (χ2n) is 9.52. The van der Waals surface area contributed by atoms with Gasteiger partial charge in [-0.05, 0) is 68.1 Å². The average molecular weight is 474 g/mol. The Morgan fingerprint density at radius 1 is 1.00 bits per heavy atom. The molecule has 1 aromatic heterocycles. The van der Waals surface area contributed by atoms with Crippen LogP contribution in [0.2, 0.25) is 0 Å². The van der Waals surface area contributed by atoms with Crippen molar-refractivity contribution >= 4 is 11.7 Å². The standard InChI is InChI=1S/C29H35N3O3/c1-20(2)35-25-15-11-23(12-16-25)27-19-30-29(26(31-27)17-21-7-5-4-6-8-21)32-28(33)18-22-9-13-24(34-3)14-10-22/h9-16,19-21H,4-8,17-18H2,1-3H3,(H,30,32,33). The highest BCUT2D eigenvalue weighted by molar-refractivity contribution is 5.92. The van der Waals surface area contributed by atoms with E-state index < -0.39 is 0 Å². The molecule has 0 aliphatic heterocycles. The summed E-state index contributed by atoms with van der Waals surface area (Å²) in [5, 5.41) is 3.02. The van der Waals surface area contributed by atoms with Gasteiger partial charge in [0.25, 0.3) is 0 Å². The SMILES string of the molecule is COc1ccc(CC(=O)Nc2ncc(-c3ccc(OC(C)C)cc3)nc2CC2CCCCC2)cc1. The Hall–Kier alpha value is -3.41. The zero-order valence-electron chi connectivity index (χ0n) is 20.9. The quantitative estimate of drug-likeness (QED) is 0.398. The molecule has 0 spiro atoms. The minimum atomic E-state index is -0.0997. The molecule has 1 amide bonds. The third kappa shape index (κ3) is 7.04. The number of benzene rings is 2. The molecule has 0 radical (unpaired) electrons. The highest BCUT2D eigenvalue weighted by Crippen LogP contribution is 2.30. The Balaban J connectivity index is 1.53. The van der Waals surface area contributed by atoms with Crippen LogP contribution in [0.1, 0.15) is 57.2 Å². The number of amides is 1. The minimum absolute atomic E-state index is 0.0997. The van der Waals surface area contributed by atoms with Crippen LogP contribution in [0.5, 0.6) is 11.5 Å². The lowest BCUT2D eigenvalue weighted by Crippen LogP contribution is -2.19. The predicted octanol–water partition coefficient (Wildman–Crippen LogP) is 6.24. The molecule has 0 atom stereocenters. The third-order valence-corrected chi connectivity index (χ3v) is 6.35. The van der Waals surface area contributed by atoms with Crippen LogP contribution in [-0.4, -0.2) is 29.1 Å². The number of hydrogen-bond acceptors (Lipinski definition) is 5. The van der Waals surface area contributed by atoms with Gasteiger partial charge in [0.1, 0.15) is 11.5 Å². The number of hydrogen-bond donors (Lipinski definition) is 1. The van der Waals surface area contributed by atoms with E-state index in [2.05, 4.69) is 10.3 Å². The molecule has 6 heteroatoms. The maximum Gasteiger partial charge on any atom is 0.229 e. The van der Waals surface area contributed by atoms with E-state index in [-0.39, 0.29) is 18.4 Å². The van der Waals surface area contributed by atoms with Crippen molar-refractivity contribution in [3.8, 4) is 22.8 Å². The summed E-state index contributed by atoms with van der Waals surface area (Å²) in [4.78, 5) is 22.5. The van der Waals surface area contributed by atoms with Gasteiger partial charge in [-0.25, -0.2) is 9.97 Å². The van der Waals surface area contributed by atoms with E-state index >= 15 is 0 Å². The summed E-state index contributed by atoms with van der Waals surface area (Å²) in [6, 6.07) is 15.5. The summed E-state index contributed by atoms with van der Waals surface area (Å²) in [7, 11) is 1.63. The molecule has 35 heavy (non-hydrogen) atoms. The monoisotopic (exact) mass is 473 g/mol. The van der Waals surface area contributed by atoms with E-state index in [0.29, 0.717) is 11.7 Å². The highest BCUT2D eigenvalue weighted by Gasteiger charge is 2.19. The Morgan fingerprint density at radius 3 is 2.34 bits per heavy atom. The number of rotatable bonds is 9. The molecule has 1 aliphatic rings. The molecule has 1 saturated carbocycles. The summed E-state index contributed by atoms with van der Waals surface area (Å²) in [5.74, 6) is 2.65.